The van der Waals surface area contributed by atoms with Crippen LogP contribution in [0.1, 0.15) is 26.3 Å². The molecule has 0 saturated carbocycles. The summed E-state index contributed by atoms with van der Waals surface area (Å²) >= 11 is 11.8. The average molecular weight is 514 g/mol. The van der Waals surface area contributed by atoms with Gasteiger partial charge in [-0.05, 0) is 54.8 Å². The van der Waals surface area contributed by atoms with Crippen LogP contribution in [0.15, 0.2) is 53.4 Å². The third kappa shape index (κ3) is 7.71. The summed E-state index contributed by atoms with van der Waals surface area (Å²) < 4.78 is 26.8. The molecule has 0 aromatic heterocycles. The molecule has 0 spiro atoms. The first-order valence-electron chi connectivity index (χ1n) is 10.5. The molecule has 2 aromatic rings. The number of sulfonamides is 1. The van der Waals surface area contributed by atoms with E-state index in [9.17, 15) is 18.0 Å². The Bertz CT molecular complexity index is 1060. The van der Waals surface area contributed by atoms with Crippen LogP contribution < -0.4 is 5.32 Å². The van der Waals surface area contributed by atoms with Gasteiger partial charge in [0.25, 0.3) is 0 Å². The van der Waals surface area contributed by atoms with Crippen molar-refractivity contribution < 1.29 is 18.0 Å². The maximum absolute atomic E-state index is 13.2. The van der Waals surface area contributed by atoms with Gasteiger partial charge < -0.3 is 10.2 Å². The number of carbonyl (C=O) groups excluding carboxylic acids is 2. The monoisotopic (exact) mass is 513 g/mol. The molecule has 0 bridgehead atoms. The first-order chi connectivity index (χ1) is 15.4. The molecule has 0 aliphatic rings. The van der Waals surface area contributed by atoms with Gasteiger partial charge in [-0.3, -0.25) is 9.59 Å². The van der Waals surface area contributed by atoms with Crippen molar-refractivity contribution in [2.75, 3.05) is 20.1 Å². The van der Waals surface area contributed by atoms with Crippen LogP contribution in [0.2, 0.25) is 10.0 Å². The number of carbonyl (C=O) groups is 2. The van der Waals surface area contributed by atoms with Crippen molar-refractivity contribution in [3.8, 4) is 0 Å². The molecule has 0 saturated heterocycles. The van der Waals surface area contributed by atoms with E-state index in [0.717, 1.165) is 9.87 Å². The maximum atomic E-state index is 13.2. The molecule has 0 heterocycles. The molecule has 2 amide bonds. The average Bonchev–Trinajstić information content (AvgIpc) is 2.76. The number of halogens is 2. The number of hydrogen-bond acceptors (Lipinski definition) is 4. The number of nitrogens with zero attached hydrogens (tertiary/aromatic N) is 2. The van der Waals surface area contributed by atoms with Crippen LogP contribution in [-0.4, -0.2) is 55.6 Å². The minimum Gasteiger partial charge on any atom is -0.354 e. The molecule has 0 aliphatic heterocycles. The van der Waals surface area contributed by atoms with Gasteiger partial charge in [0.15, 0.2) is 0 Å². The highest BCUT2D eigenvalue weighted by atomic mass is 35.5. The molecule has 2 rings (SSSR count). The number of benzene rings is 2. The lowest BCUT2D eigenvalue weighted by atomic mass is 10.1. The van der Waals surface area contributed by atoms with E-state index >= 15 is 0 Å². The third-order valence-electron chi connectivity index (χ3n) is 5.00. The predicted octanol–water partition coefficient (Wildman–Crippen LogP) is 3.80. The van der Waals surface area contributed by atoms with Crippen molar-refractivity contribution in [3.05, 3.63) is 64.1 Å². The van der Waals surface area contributed by atoms with Gasteiger partial charge >= 0.3 is 0 Å². The Kier molecular flexibility index (Phi) is 9.72. The van der Waals surface area contributed by atoms with E-state index in [4.69, 9.17) is 23.2 Å². The van der Waals surface area contributed by atoms with Crippen molar-refractivity contribution >= 4 is 45.0 Å². The molecular formula is C23H29Cl2N3O4S. The van der Waals surface area contributed by atoms with Gasteiger partial charge in [0, 0.05) is 30.2 Å². The summed E-state index contributed by atoms with van der Waals surface area (Å²) in [6.07, 6.45) is 0. The lowest BCUT2D eigenvalue weighted by molar-refractivity contribution is -0.140. The fourth-order valence-corrected chi connectivity index (χ4v) is 4.35. The highest BCUT2D eigenvalue weighted by Crippen LogP contribution is 2.19. The molecule has 10 heteroatoms. The Balaban J connectivity index is 2.24. The Morgan fingerprint density at radius 3 is 1.97 bits per heavy atom. The van der Waals surface area contributed by atoms with Crippen LogP contribution in [0.4, 0.5) is 0 Å². The lowest BCUT2D eigenvalue weighted by Gasteiger charge is -2.30. The van der Waals surface area contributed by atoms with Crippen LogP contribution in [0.25, 0.3) is 0 Å². The van der Waals surface area contributed by atoms with Crippen molar-refractivity contribution in [1.82, 2.24) is 14.5 Å². The first kappa shape index (κ1) is 27.1. The van der Waals surface area contributed by atoms with Gasteiger partial charge in [0.05, 0.1) is 11.4 Å². The van der Waals surface area contributed by atoms with Gasteiger partial charge in [0.1, 0.15) is 6.04 Å². The Labute approximate surface area is 205 Å². The van der Waals surface area contributed by atoms with Gasteiger partial charge in [-0.15, -0.1) is 0 Å². The van der Waals surface area contributed by atoms with Crippen LogP contribution in [0.3, 0.4) is 0 Å². The summed E-state index contributed by atoms with van der Waals surface area (Å²) in [6, 6.07) is 11.8. The maximum Gasteiger partial charge on any atom is 0.243 e. The molecule has 0 aliphatic carbocycles. The minimum atomic E-state index is -3.92. The van der Waals surface area contributed by atoms with Gasteiger partial charge in [-0.2, -0.15) is 4.31 Å². The fraction of sp³-hybridized carbons (Fsp3) is 0.391. The second-order valence-electron chi connectivity index (χ2n) is 8.18. The zero-order chi connectivity index (χ0) is 24.8. The van der Waals surface area contributed by atoms with E-state index in [1.807, 2.05) is 13.8 Å². The van der Waals surface area contributed by atoms with E-state index in [0.29, 0.717) is 16.6 Å². The standard InChI is InChI=1S/C23H29Cl2N3O4S/c1-16(2)13-26-23(30)17(3)28(14-18-5-7-19(24)8-6-18)22(29)15-27(4)33(31,32)21-11-9-20(25)10-12-21/h5-12,16-17H,13-15H2,1-4H3,(H,26,30)/t17-/m0/s1. The second kappa shape index (κ2) is 11.8. The zero-order valence-corrected chi connectivity index (χ0v) is 21.4. The Morgan fingerprint density at radius 2 is 1.45 bits per heavy atom. The molecule has 1 atom stereocenters. The number of hydrogen-bond donors (Lipinski definition) is 1. The number of likely N-dealkylation sites (N-methyl/N-ethyl adjacent to an activating group) is 1. The predicted molar refractivity (Wildman–Crippen MR) is 131 cm³/mol. The van der Waals surface area contributed by atoms with E-state index in [1.54, 1.807) is 31.2 Å². The molecule has 1 N–H and O–H groups in total. The first-order valence-corrected chi connectivity index (χ1v) is 12.6. The van der Waals surface area contributed by atoms with Gasteiger partial charge in [-0.25, -0.2) is 8.42 Å². The Hall–Kier alpha value is -2.13. The Morgan fingerprint density at radius 1 is 0.939 bits per heavy atom. The lowest BCUT2D eigenvalue weighted by Crippen LogP contribution is -2.51. The van der Waals surface area contributed by atoms with Crippen molar-refractivity contribution in [1.29, 1.82) is 0 Å². The summed E-state index contributed by atoms with van der Waals surface area (Å²) in [4.78, 5) is 27.3. The molecule has 0 radical (unpaired) electrons. The van der Waals surface area contributed by atoms with E-state index in [2.05, 4.69) is 5.32 Å². The minimum absolute atomic E-state index is 0.0224. The molecule has 0 fully saturated rings. The number of nitrogens with one attached hydrogen (secondary N) is 1. The number of amides is 2. The van der Waals surface area contributed by atoms with Crippen molar-refractivity contribution in [3.63, 3.8) is 0 Å². The number of rotatable bonds is 10. The topological polar surface area (TPSA) is 86.8 Å². The molecule has 2 aromatic carbocycles. The van der Waals surface area contributed by atoms with Gasteiger partial charge in [0.2, 0.25) is 21.8 Å². The van der Waals surface area contributed by atoms with Crippen LogP contribution in [0, 0.1) is 5.92 Å². The highest BCUT2D eigenvalue weighted by molar-refractivity contribution is 7.89. The SMILES string of the molecule is CC(C)CNC(=O)[C@H](C)N(Cc1ccc(Cl)cc1)C(=O)CN(C)S(=O)(=O)c1ccc(Cl)cc1. The zero-order valence-electron chi connectivity index (χ0n) is 19.1. The van der Waals surface area contributed by atoms with Gasteiger partial charge in [-0.1, -0.05) is 49.2 Å². The summed E-state index contributed by atoms with van der Waals surface area (Å²) in [5, 5.41) is 3.78. The van der Waals surface area contributed by atoms with E-state index in [-0.39, 0.29) is 23.3 Å². The smallest absolute Gasteiger partial charge is 0.243 e. The van der Waals surface area contributed by atoms with Crippen LogP contribution >= 0.6 is 23.2 Å². The molecule has 7 nitrogen and oxygen atoms in total. The fourth-order valence-electron chi connectivity index (χ4n) is 2.97. The normalized spacial score (nSPS) is 12.6. The summed E-state index contributed by atoms with van der Waals surface area (Å²) in [6.45, 7) is 5.73. The largest absolute Gasteiger partial charge is 0.354 e. The van der Waals surface area contributed by atoms with E-state index < -0.39 is 28.5 Å². The molecule has 33 heavy (non-hydrogen) atoms. The summed E-state index contributed by atoms with van der Waals surface area (Å²) in [5.41, 5.74) is 0.763. The van der Waals surface area contributed by atoms with E-state index in [1.165, 1.54) is 36.2 Å². The molecule has 0 unspecified atom stereocenters. The third-order valence-corrected chi connectivity index (χ3v) is 7.32. The molecule has 180 valence electrons. The molecular weight excluding hydrogens is 485 g/mol. The van der Waals surface area contributed by atoms with Crippen LogP contribution in [-0.2, 0) is 26.2 Å². The summed E-state index contributed by atoms with van der Waals surface area (Å²) in [5.74, 6) is -0.566. The second-order valence-corrected chi connectivity index (χ2v) is 11.1. The highest BCUT2D eigenvalue weighted by Gasteiger charge is 2.30. The van der Waals surface area contributed by atoms with Crippen molar-refractivity contribution in [2.45, 2.75) is 38.3 Å². The summed E-state index contributed by atoms with van der Waals surface area (Å²) in [7, 11) is -2.60. The quantitative estimate of drug-likeness (QED) is 0.523. The van der Waals surface area contributed by atoms with Crippen molar-refractivity contribution in [2.24, 2.45) is 5.92 Å². The van der Waals surface area contributed by atoms with Crippen LogP contribution in [0.5, 0.6) is 0 Å².